The molecule has 0 unspecified atom stereocenters. The molecular formula is C51H50IrN2O-2. The number of aryl methyl sites for hydroxylation is 1. The summed E-state index contributed by atoms with van der Waals surface area (Å²) in [7, 11) is 0. The van der Waals surface area contributed by atoms with Crippen LogP contribution < -0.4 is 0 Å². The molecule has 3 aromatic heterocycles. The van der Waals surface area contributed by atoms with Gasteiger partial charge in [-0.2, -0.15) is 0 Å². The Kier molecular flexibility index (Phi) is 9.06. The fraction of sp³-hybridized carbons (Fsp3) is 0.294. The Bertz CT molecular complexity index is 2780. The van der Waals surface area contributed by atoms with Crippen LogP contribution in [0.2, 0.25) is 0 Å². The molecule has 1 saturated carbocycles. The predicted octanol–water partition coefficient (Wildman–Crippen LogP) is 14.2. The monoisotopic (exact) mass is 903 g/mol. The summed E-state index contributed by atoms with van der Waals surface area (Å²) in [4.78, 5) is 9.14. The summed E-state index contributed by atoms with van der Waals surface area (Å²) in [5.41, 5.74) is 6.62. The van der Waals surface area contributed by atoms with Gasteiger partial charge in [-0.1, -0.05) is 114 Å². The summed E-state index contributed by atoms with van der Waals surface area (Å²) in [5, 5.41) is 6.59. The molecule has 3 heterocycles. The summed E-state index contributed by atoms with van der Waals surface area (Å²) in [6, 6.07) is 41.3. The number of benzene rings is 5. The zero-order valence-electron chi connectivity index (χ0n) is 36.7. The number of nitrogens with zero attached hydrogens (tertiary/aromatic N) is 2. The van der Waals surface area contributed by atoms with Gasteiger partial charge in [0.05, 0.1) is 5.58 Å². The van der Waals surface area contributed by atoms with Crippen molar-refractivity contribution in [2.75, 3.05) is 0 Å². The molecule has 3 nitrogen and oxygen atoms in total. The summed E-state index contributed by atoms with van der Waals surface area (Å²) in [5.74, 6) is -1.06. The molecule has 1 fully saturated rings. The van der Waals surface area contributed by atoms with Crippen LogP contribution in [0.25, 0.3) is 66.0 Å². The van der Waals surface area contributed by atoms with Gasteiger partial charge in [-0.3, -0.25) is 0 Å². The topological polar surface area (TPSA) is 38.9 Å². The smallest absolute Gasteiger partial charge is 0.121 e. The van der Waals surface area contributed by atoms with Crippen LogP contribution in [0, 0.1) is 29.8 Å². The molecule has 0 bridgehead atoms. The Hall–Kier alpha value is -4.63. The van der Waals surface area contributed by atoms with Gasteiger partial charge >= 0.3 is 0 Å². The molecule has 9 rings (SSSR count). The zero-order chi connectivity index (χ0) is 41.3. The zero-order valence-corrected chi connectivity index (χ0v) is 35.1. The molecule has 0 spiro atoms. The van der Waals surface area contributed by atoms with Crippen molar-refractivity contribution in [3.63, 3.8) is 0 Å². The second-order valence-electron chi connectivity index (χ2n) is 17.6. The van der Waals surface area contributed by atoms with Crippen LogP contribution in [-0.2, 0) is 25.5 Å². The molecule has 281 valence electrons. The van der Waals surface area contributed by atoms with Crippen LogP contribution >= 0.6 is 0 Å². The molecule has 5 aromatic carbocycles. The van der Waals surface area contributed by atoms with Gasteiger partial charge < -0.3 is 14.4 Å². The SMILES string of the molecule is CC(C)(C)c1ccc(-c2[c-]cccc2)nc1.[2H]C([2H])([2H])c1cnc(-c2[c-]ccc3c2oc2cc4c(ccc5ccccc54)cc23)cc1C1([2H])CC(C)(C)CC(C)(C)C1.[Ir]. The predicted molar refractivity (Wildman–Crippen MR) is 227 cm³/mol. The first kappa shape index (κ1) is 33.7. The molecule has 0 aliphatic heterocycles. The van der Waals surface area contributed by atoms with Gasteiger partial charge in [0.1, 0.15) is 5.58 Å². The maximum Gasteiger partial charge on any atom is 0.121 e. The van der Waals surface area contributed by atoms with Crippen LogP contribution in [-0.4, -0.2) is 9.97 Å². The van der Waals surface area contributed by atoms with Crippen LogP contribution in [0.1, 0.15) is 95.8 Å². The summed E-state index contributed by atoms with van der Waals surface area (Å²) >= 11 is 0. The van der Waals surface area contributed by atoms with Crippen molar-refractivity contribution in [2.45, 2.75) is 85.9 Å². The molecular weight excluding hydrogens is 849 g/mol. The van der Waals surface area contributed by atoms with E-state index in [1.807, 2.05) is 54.7 Å². The van der Waals surface area contributed by atoms with Crippen LogP contribution in [0.5, 0.6) is 0 Å². The molecule has 8 aromatic rings. The van der Waals surface area contributed by atoms with E-state index in [1.54, 1.807) is 0 Å². The maximum absolute atomic E-state index is 9.74. The molecule has 4 heteroatoms. The first-order valence-corrected chi connectivity index (χ1v) is 18.9. The number of furan rings is 1. The van der Waals surface area contributed by atoms with E-state index in [0.717, 1.165) is 44.8 Å². The molecule has 1 aliphatic rings. The quantitative estimate of drug-likeness (QED) is 0.131. The summed E-state index contributed by atoms with van der Waals surface area (Å²) in [6.45, 7) is 12.9. The fourth-order valence-electron chi connectivity index (χ4n) is 8.70. The van der Waals surface area contributed by atoms with Crippen molar-refractivity contribution in [1.82, 2.24) is 9.97 Å². The Morgan fingerprint density at radius 1 is 0.727 bits per heavy atom. The first-order valence-electron chi connectivity index (χ1n) is 20.9. The largest absolute Gasteiger partial charge is 0.501 e. The standard InChI is InChI=1S/C36H34NO.C15H16N.Ir/c1-22-20-37-32(16-29(22)25-18-35(2,3)21-36(4,5)19-25)28-12-8-11-27-31-15-24-14-13-23-9-6-7-10-26(23)30(24)17-33(31)38-34(27)28;1-15(2,3)13-9-10-14(16-11-13)12-7-5-4-6-8-12;/h6-11,13-17,20,25H,18-19,21H2,1-5H3;4-7,9-11H,1-3H3;/q2*-1;/i1D3,25D;;. The number of aromatic nitrogens is 2. The van der Waals surface area contributed by atoms with Gasteiger partial charge in [0, 0.05) is 43.4 Å². The van der Waals surface area contributed by atoms with E-state index in [2.05, 4.69) is 125 Å². The number of rotatable bonds is 3. The van der Waals surface area contributed by atoms with Crippen molar-refractivity contribution in [3.8, 4) is 22.5 Å². The molecule has 55 heavy (non-hydrogen) atoms. The maximum atomic E-state index is 9.74. The second kappa shape index (κ2) is 14.8. The van der Waals surface area contributed by atoms with Crippen molar-refractivity contribution in [3.05, 3.63) is 144 Å². The fourth-order valence-corrected chi connectivity index (χ4v) is 8.70. The minimum Gasteiger partial charge on any atom is -0.501 e. The van der Waals surface area contributed by atoms with Gasteiger partial charge in [0.2, 0.25) is 0 Å². The molecule has 0 saturated heterocycles. The van der Waals surface area contributed by atoms with E-state index < -0.39 is 12.7 Å². The minimum atomic E-state index is -2.38. The van der Waals surface area contributed by atoms with E-state index in [1.165, 1.54) is 22.5 Å². The average molecular weight is 903 g/mol. The molecule has 1 radical (unpaired) electrons. The van der Waals surface area contributed by atoms with Crippen molar-refractivity contribution >= 4 is 43.5 Å². The average Bonchev–Trinajstić information content (AvgIpc) is 3.53. The van der Waals surface area contributed by atoms with E-state index in [9.17, 15) is 1.37 Å². The molecule has 1 aliphatic carbocycles. The van der Waals surface area contributed by atoms with Gasteiger partial charge in [0.15, 0.2) is 0 Å². The third kappa shape index (κ3) is 7.91. The van der Waals surface area contributed by atoms with Gasteiger partial charge in [-0.05, 0) is 110 Å². The number of fused-ring (bicyclic) bond motifs is 6. The second-order valence-corrected chi connectivity index (χ2v) is 17.6. The van der Waals surface area contributed by atoms with Gasteiger partial charge in [0.25, 0.3) is 0 Å². The van der Waals surface area contributed by atoms with Crippen molar-refractivity contribution in [1.29, 1.82) is 0 Å². The van der Waals surface area contributed by atoms with Crippen LogP contribution in [0.3, 0.4) is 0 Å². The van der Waals surface area contributed by atoms with E-state index in [4.69, 9.17) is 8.53 Å². The van der Waals surface area contributed by atoms with Crippen molar-refractivity contribution < 1.29 is 30.0 Å². The Morgan fingerprint density at radius 3 is 2.18 bits per heavy atom. The summed E-state index contributed by atoms with van der Waals surface area (Å²) < 4.78 is 41.2. The molecule has 0 atom stereocenters. The Balaban J connectivity index is 0.000000262. The minimum absolute atomic E-state index is 0. The van der Waals surface area contributed by atoms with Gasteiger partial charge in [-0.15, -0.1) is 54.1 Å². The van der Waals surface area contributed by atoms with E-state index >= 15 is 0 Å². The molecule has 0 N–H and O–H groups in total. The number of hydrogen-bond donors (Lipinski definition) is 0. The third-order valence-electron chi connectivity index (χ3n) is 10.8. The van der Waals surface area contributed by atoms with Crippen LogP contribution in [0.4, 0.5) is 0 Å². The summed E-state index contributed by atoms with van der Waals surface area (Å²) in [6.07, 6.45) is 5.55. The van der Waals surface area contributed by atoms with E-state index in [-0.39, 0.29) is 41.9 Å². The van der Waals surface area contributed by atoms with Crippen LogP contribution in [0.15, 0.2) is 120 Å². The molecule has 0 amide bonds. The van der Waals surface area contributed by atoms with Gasteiger partial charge in [-0.25, -0.2) is 0 Å². The normalized spacial score (nSPS) is 17.4. The van der Waals surface area contributed by atoms with E-state index in [0.29, 0.717) is 35.2 Å². The Morgan fingerprint density at radius 2 is 1.47 bits per heavy atom. The Labute approximate surface area is 345 Å². The first-order chi connectivity index (χ1) is 27.3. The number of pyridine rings is 2. The third-order valence-corrected chi connectivity index (χ3v) is 10.8. The number of hydrogen-bond acceptors (Lipinski definition) is 3. The van der Waals surface area contributed by atoms with Crippen molar-refractivity contribution in [2.24, 2.45) is 10.8 Å².